The van der Waals surface area contributed by atoms with Gasteiger partial charge < -0.3 is 0 Å². The van der Waals surface area contributed by atoms with Crippen molar-refractivity contribution in [2.75, 3.05) is 0 Å². The normalized spacial score (nSPS) is 14.7. The Balaban J connectivity index is 1.94. The van der Waals surface area contributed by atoms with Gasteiger partial charge in [-0.3, -0.25) is 4.79 Å². The molecular formula is C22H22B2N3OPS. The maximum atomic E-state index is 11.7. The van der Waals surface area contributed by atoms with Gasteiger partial charge in [-0.05, 0) is 36.1 Å². The molecule has 4 radical (unpaired) electrons. The van der Waals surface area contributed by atoms with Gasteiger partial charge in [0.15, 0.2) is 5.78 Å². The van der Waals surface area contributed by atoms with Crippen LogP contribution in [0.25, 0.3) is 16.1 Å². The summed E-state index contributed by atoms with van der Waals surface area (Å²) >= 11 is 1.29. The van der Waals surface area contributed by atoms with Crippen LogP contribution in [0.5, 0.6) is 0 Å². The summed E-state index contributed by atoms with van der Waals surface area (Å²) in [6.07, 6.45) is 3.61. The average Bonchev–Trinajstić information content (AvgIpc) is 3.33. The zero-order valence-electron chi connectivity index (χ0n) is 17.5. The lowest BCUT2D eigenvalue weighted by atomic mass is 9.42. The summed E-state index contributed by atoms with van der Waals surface area (Å²) in [5.41, 5.74) is 3.20. The van der Waals surface area contributed by atoms with Crippen LogP contribution in [0.15, 0.2) is 42.7 Å². The minimum Gasteiger partial charge on any atom is -0.294 e. The van der Waals surface area contributed by atoms with E-state index in [4.69, 9.17) is 15.7 Å². The number of carbonyl (C=O) groups excluding carboxylic acids is 1. The molecule has 2 heterocycles. The third-order valence-electron chi connectivity index (χ3n) is 5.47. The molecule has 0 aliphatic carbocycles. The Morgan fingerprint density at radius 2 is 1.93 bits per heavy atom. The van der Waals surface area contributed by atoms with Crippen LogP contribution in [0, 0.1) is 11.3 Å². The molecule has 1 aromatic carbocycles. The maximum absolute atomic E-state index is 11.7. The second-order valence-corrected chi connectivity index (χ2v) is 10.2. The summed E-state index contributed by atoms with van der Waals surface area (Å²) in [7, 11) is 15.9. The Labute approximate surface area is 186 Å². The quantitative estimate of drug-likeness (QED) is 0.325. The Kier molecular flexibility index (Phi) is 6.14. The van der Waals surface area contributed by atoms with Crippen molar-refractivity contribution in [2.45, 2.75) is 44.0 Å². The molecule has 3 unspecified atom stereocenters. The highest BCUT2D eigenvalue weighted by Gasteiger charge is 2.40. The van der Waals surface area contributed by atoms with Crippen molar-refractivity contribution in [3.05, 3.63) is 58.7 Å². The monoisotopic (exact) mass is 429 g/mol. The molecule has 0 aliphatic heterocycles. The number of rotatable bonds is 6. The number of ketones is 1. The van der Waals surface area contributed by atoms with Crippen molar-refractivity contribution >= 4 is 42.1 Å². The number of carbonyl (C=O) groups is 1. The molecule has 3 rings (SSSR count). The van der Waals surface area contributed by atoms with Crippen LogP contribution in [0.2, 0.25) is 5.31 Å². The summed E-state index contributed by atoms with van der Waals surface area (Å²) in [4.78, 5) is 13.0. The fourth-order valence-electron chi connectivity index (χ4n) is 3.58. The third kappa shape index (κ3) is 3.92. The van der Waals surface area contributed by atoms with Crippen LogP contribution in [-0.2, 0) is 5.31 Å². The molecule has 3 aromatic rings. The fraction of sp³-hybridized carbons (Fsp3) is 0.318. The van der Waals surface area contributed by atoms with E-state index in [0.717, 1.165) is 21.7 Å². The van der Waals surface area contributed by atoms with E-state index in [9.17, 15) is 10.1 Å². The molecule has 148 valence electrons. The second kappa shape index (κ2) is 8.17. The SMILES string of the molecule is [B]C(C)(C)C([B])(c1ccc(-n2cc(-c3cc(C(C)=O)c(C#N)s3)cn2)cc1)C(C)P. The molecule has 4 nitrogen and oxygen atoms in total. The van der Waals surface area contributed by atoms with Gasteiger partial charge in [0.2, 0.25) is 0 Å². The van der Waals surface area contributed by atoms with Gasteiger partial charge in [0.25, 0.3) is 0 Å². The molecule has 3 atom stereocenters. The van der Waals surface area contributed by atoms with E-state index in [1.54, 1.807) is 16.9 Å². The number of hydrogen-bond acceptors (Lipinski definition) is 4. The van der Waals surface area contributed by atoms with E-state index in [-0.39, 0.29) is 11.4 Å². The van der Waals surface area contributed by atoms with E-state index in [0.29, 0.717) is 10.4 Å². The molecule has 0 bridgehead atoms. The van der Waals surface area contributed by atoms with E-state index in [1.807, 2.05) is 51.2 Å². The molecule has 0 saturated carbocycles. The van der Waals surface area contributed by atoms with Crippen LogP contribution in [0.3, 0.4) is 0 Å². The van der Waals surface area contributed by atoms with Crippen LogP contribution in [-0.4, -0.2) is 36.9 Å². The van der Waals surface area contributed by atoms with Crippen LogP contribution < -0.4 is 0 Å². The van der Waals surface area contributed by atoms with E-state index >= 15 is 0 Å². The summed E-state index contributed by atoms with van der Waals surface area (Å²) in [6, 6.07) is 11.7. The molecule has 0 amide bonds. The van der Waals surface area contributed by atoms with Gasteiger partial charge in [0.05, 0.1) is 27.6 Å². The van der Waals surface area contributed by atoms with Crippen molar-refractivity contribution in [3.8, 4) is 22.2 Å². The number of benzene rings is 1. The number of nitrogens with zero attached hydrogens (tertiary/aromatic N) is 3. The van der Waals surface area contributed by atoms with Gasteiger partial charge >= 0.3 is 0 Å². The zero-order chi connectivity index (χ0) is 22.3. The summed E-state index contributed by atoms with van der Waals surface area (Å²) < 4.78 is 1.76. The lowest BCUT2D eigenvalue weighted by Gasteiger charge is -2.47. The highest BCUT2D eigenvalue weighted by atomic mass is 32.1. The number of Topliss-reactive ketones (excluding diaryl/α,β-unsaturated/α-hetero) is 1. The first kappa shape index (κ1) is 22.5. The number of nitriles is 1. The lowest BCUT2D eigenvalue weighted by molar-refractivity contribution is 0.101. The molecular weight excluding hydrogens is 407 g/mol. The predicted molar refractivity (Wildman–Crippen MR) is 128 cm³/mol. The third-order valence-corrected chi connectivity index (χ3v) is 7.09. The molecule has 0 saturated heterocycles. The van der Waals surface area contributed by atoms with Crippen LogP contribution >= 0.6 is 20.6 Å². The first-order valence-corrected chi connectivity index (χ1v) is 11.0. The van der Waals surface area contributed by atoms with Crippen LogP contribution in [0.4, 0.5) is 0 Å². The number of hydrogen-bond donors (Lipinski definition) is 0. The minimum absolute atomic E-state index is 0.0725. The summed E-state index contributed by atoms with van der Waals surface area (Å²) in [5, 5.41) is 12.4. The van der Waals surface area contributed by atoms with Crippen molar-refractivity contribution in [1.82, 2.24) is 9.78 Å². The molecule has 30 heavy (non-hydrogen) atoms. The largest absolute Gasteiger partial charge is 0.294 e. The highest BCUT2D eigenvalue weighted by Crippen LogP contribution is 2.47. The van der Waals surface area contributed by atoms with Crippen molar-refractivity contribution in [1.29, 1.82) is 5.26 Å². The average molecular weight is 429 g/mol. The molecule has 8 heteroatoms. The van der Waals surface area contributed by atoms with E-state index < -0.39 is 10.6 Å². The van der Waals surface area contributed by atoms with Crippen molar-refractivity contribution in [2.24, 2.45) is 0 Å². The lowest BCUT2D eigenvalue weighted by Crippen LogP contribution is -2.44. The van der Waals surface area contributed by atoms with Crippen molar-refractivity contribution < 1.29 is 4.79 Å². The van der Waals surface area contributed by atoms with E-state index in [1.165, 1.54) is 18.3 Å². The summed E-state index contributed by atoms with van der Waals surface area (Å²) in [5.74, 6) is -0.117. The Morgan fingerprint density at radius 3 is 2.40 bits per heavy atom. The standard InChI is InChI=1S/C22H22B2N3OPS/c1-13(28)18-9-19(30-20(18)10-25)15-11-26-27(12-15)17-7-5-16(6-8-17)22(24,14(2)29)21(3,4)23/h5-9,11-12,14H,29H2,1-4H3. The van der Waals surface area contributed by atoms with Crippen molar-refractivity contribution in [3.63, 3.8) is 0 Å². The highest BCUT2D eigenvalue weighted by molar-refractivity contribution is 7.18. The fourth-order valence-corrected chi connectivity index (χ4v) is 5.18. The molecule has 0 N–H and O–H groups in total. The molecule has 0 spiro atoms. The molecule has 0 fully saturated rings. The predicted octanol–water partition coefficient (Wildman–Crippen LogP) is 4.67. The number of thiophene rings is 1. The Hall–Kier alpha value is -2.15. The van der Waals surface area contributed by atoms with Gasteiger partial charge in [0.1, 0.15) is 10.9 Å². The van der Waals surface area contributed by atoms with Gasteiger partial charge in [0, 0.05) is 22.2 Å². The topological polar surface area (TPSA) is 58.7 Å². The first-order valence-electron chi connectivity index (χ1n) is 9.53. The van der Waals surface area contributed by atoms with Gasteiger partial charge in [-0.15, -0.1) is 20.6 Å². The first-order chi connectivity index (χ1) is 14.0. The number of aromatic nitrogens is 2. The Bertz CT molecular complexity index is 1120. The maximum Gasteiger partial charge on any atom is 0.162 e. The van der Waals surface area contributed by atoms with Gasteiger partial charge in [-0.1, -0.05) is 43.8 Å². The smallest absolute Gasteiger partial charge is 0.162 e. The molecule has 0 aliphatic rings. The van der Waals surface area contributed by atoms with E-state index in [2.05, 4.69) is 20.4 Å². The minimum atomic E-state index is -0.709. The Morgan fingerprint density at radius 1 is 1.30 bits per heavy atom. The zero-order valence-corrected chi connectivity index (χ0v) is 19.5. The van der Waals surface area contributed by atoms with Gasteiger partial charge in [-0.2, -0.15) is 10.4 Å². The second-order valence-electron chi connectivity index (χ2n) is 8.12. The van der Waals surface area contributed by atoms with Gasteiger partial charge in [-0.25, -0.2) is 4.68 Å². The molecule has 2 aromatic heterocycles. The summed E-state index contributed by atoms with van der Waals surface area (Å²) in [6.45, 7) is 7.38. The van der Waals surface area contributed by atoms with Crippen LogP contribution in [0.1, 0.15) is 48.5 Å².